The zero-order chi connectivity index (χ0) is 17.6. The van der Waals surface area contributed by atoms with Crippen LogP contribution in [0, 0.1) is 0 Å². The van der Waals surface area contributed by atoms with Crippen molar-refractivity contribution in [3.05, 3.63) is 76.7 Å². The molecule has 6 heteroatoms. The Hall–Kier alpha value is -1.63. The maximum absolute atomic E-state index is 10.7. The number of likely N-dealkylation sites (N-methyl/N-ethyl adjacent to an activating group) is 1. The molecule has 0 bridgehead atoms. The Bertz CT molecular complexity index is 840. The number of carbonyl (C=O) groups is 1. The Morgan fingerprint density at radius 2 is 1.96 bits per heavy atom. The average molecular weight is 375 g/mol. The van der Waals surface area contributed by atoms with Crippen LogP contribution in [0.1, 0.15) is 11.1 Å². The third kappa shape index (κ3) is 5.43. The molecule has 2 heterocycles. The Morgan fingerprint density at radius 3 is 2.54 bits per heavy atom. The molecule has 0 amide bonds. The number of rotatable bonds is 7. The van der Waals surface area contributed by atoms with Crippen molar-refractivity contribution >= 4 is 22.9 Å². The van der Waals surface area contributed by atoms with Crippen LogP contribution < -0.4 is 34.7 Å². The molecule has 128 valence electrons. The van der Waals surface area contributed by atoms with Gasteiger partial charge in [0.1, 0.15) is 5.76 Å². The largest absolute Gasteiger partial charge is 1.00 e. The minimum absolute atomic E-state index is 0. The van der Waals surface area contributed by atoms with Gasteiger partial charge in [0.25, 0.3) is 0 Å². The van der Waals surface area contributed by atoms with Gasteiger partial charge in [-0.05, 0) is 52.7 Å². The number of carbonyl (C=O) groups excluding carboxylic acids is 1. The molecule has 0 radical (unpaired) electrons. The maximum Gasteiger partial charge on any atom is 1.00 e. The van der Waals surface area contributed by atoms with Gasteiger partial charge in [-0.25, -0.2) is 0 Å². The Balaban J connectivity index is 0.00000243. The molecule has 3 rings (SSSR count). The van der Waals surface area contributed by atoms with E-state index in [1.54, 1.807) is 29.5 Å². The van der Waals surface area contributed by atoms with Crippen molar-refractivity contribution in [1.82, 2.24) is 4.90 Å². The van der Waals surface area contributed by atoms with Crippen molar-refractivity contribution < 1.29 is 43.9 Å². The van der Waals surface area contributed by atoms with Gasteiger partial charge in [-0.15, -0.1) is 0 Å². The van der Waals surface area contributed by atoms with Crippen LogP contribution in [0.25, 0.3) is 16.9 Å². The van der Waals surface area contributed by atoms with Crippen molar-refractivity contribution in [2.45, 2.75) is 0 Å². The van der Waals surface area contributed by atoms with Crippen LogP contribution in [0.3, 0.4) is 0 Å². The van der Waals surface area contributed by atoms with Crippen LogP contribution in [0.2, 0.25) is 0 Å². The van der Waals surface area contributed by atoms with Crippen LogP contribution in [0.15, 0.2) is 70.0 Å². The Kier molecular flexibility index (Phi) is 7.87. The fourth-order valence-corrected chi connectivity index (χ4v) is 3.26. The first kappa shape index (κ1) is 20.7. The van der Waals surface area contributed by atoms with E-state index >= 15 is 0 Å². The molecular formula is C20H18NNaO3S. The second-order valence-corrected chi connectivity index (χ2v) is 6.53. The first-order chi connectivity index (χ1) is 12.1. The normalized spacial score (nSPS) is 11.4. The molecule has 0 fully saturated rings. The summed E-state index contributed by atoms with van der Waals surface area (Å²) in [5.74, 6) is -0.239. The number of thiophene rings is 1. The second-order valence-electron chi connectivity index (χ2n) is 5.75. The number of carboxylic acid groups (broad SMARTS) is 1. The van der Waals surface area contributed by atoms with Gasteiger partial charge in [0, 0.05) is 18.7 Å². The summed E-state index contributed by atoms with van der Waals surface area (Å²) in [5, 5.41) is 14.8. The molecule has 0 spiro atoms. The van der Waals surface area contributed by atoms with Crippen LogP contribution in [-0.4, -0.2) is 31.0 Å². The van der Waals surface area contributed by atoms with Gasteiger partial charge in [0.15, 0.2) is 0 Å². The van der Waals surface area contributed by atoms with E-state index in [0.717, 1.165) is 28.0 Å². The van der Waals surface area contributed by atoms with E-state index in [1.807, 2.05) is 35.7 Å². The molecule has 3 aromatic rings. The van der Waals surface area contributed by atoms with Crippen molar-refractivity contribution in [2.24, 2.45) is 0 Å². The summed E-state index contributed by atoms with van der Waals surface area (Å²) in [6.45, 7) is 0.434. The molecule has 0 saturated carbocycles. The van der Waals surface area contributed by atoms with E-state index in [2.05, 4.69) is 23.6 Å². The quantitative estimate of drug-likeness (QED) is 0.551. The van der Waals surface area contributed by atoms with E-state index in [4.69, 9.17) is 4.42 Å². The number of nitrogens with zero attached hydrogens (tertiary/aromatic N) is 1. The molecule has 0 saturated heterocycles. The minimum Gasteiger partial charge on any atom is -0.549 e. The standard InChI is InChI=1S/C20H19NO3S.Na/c1-21(13-20(22)23)10-8-18(17-9-12-25-14-17)15-4-6-16(7-5-15)19-3-2-11-24-19;/h2-9,11-12,14H,10,13H2,1H3,(H,22,23);/q;+1/p-1. The number of benzene rings is 1. The van der Waals surface area contributed by atoms with Crippen molar-refractivity contribution in [2.75, 3.05) is 20.1 Å². The van der Waals surface area contributed by atoms with E-state index < -0.39 is 5.97 Å². The number of hydrogen-bond acceptors (Lipinski definition) is 5. The first-order valence-electron chi connectivity index (χ1n) is 7.89. The smallest absolute Gasteiger partial charge is 0.549 e. The van der Waals surface area contributed by atoms with Gasteiger partial charge in [0.2, 0.25) is 0 Å². The van der Waals surface area contributed by atoms with Crippen LogP contribution in [0.5, 0.6) is 0 Å². The summed E-state index contributed by atoms with van der Waals surface area (Å²) in [5.41, 5.74) is 4.30. The molecular weight excluding hydrogens is 357 g/mol. The number of furan rings is 1. The van der Waals surface area contributed by atoms with Gasteiger partial charge in [-0.2, -0.15) is 11.3 Å². The van der Waals surface area contributed by atoms with Crippen molar-refractivity contribution in [3.8, 4) is 11.3 Å². The fraction of sp³-hybridized carbons (Fsp3) is 0.150. The molecule has 0 aliphatic carbocycles. The van der Waals surface area contributed by atoms with Gasteiger partial charge < -0.3 is 14.3 Å². The summed E-state index contributed by atoms with van der Waals surface area (Å²) in [6, 6.07) is 14.0. The van der Waals surface area contributed by atoms with Gasteiger partial charge in [-0.3, -0.25) is 4.90 Å². The molecule has 0 unspecified atom stereocenters. The summed E-state index contributed by atoms with van der Waals surface area (Å²) in [6.07, 6.45) is 3.71. The van der Waals surface area contributed by atoms with Crippen LogP contribution in [-0.2, 0) is 4.79 Å². The SMILES string of the molecule is CN(CC=C(c1ccc(-c2ccco2)cc1)c1ccsc1)CC(=O)[O-].[Na+]. The summed E-state index contributed by atoms with van der Waals surface area (Å²) in [4.78, 5) is 12.4. The molecule has 26 heavy (non-hydrogen) atoms. The third-order valence-corrected chi connectivity index (χ3v) is 4.52. The third-order valence-electron chi connectivity index (χ3n) is 3.84. The average Bonchev–Trinajstić information content (AvgIpc) is 3.29. The van der Waals surface area contributed by atoms with Gasteiger partial charge >= 0.3 is 29.6 Å². The van der Waals surface area contributed by atoms with Gasteiger partial charge in [-0.1, -0.05) is 30.3 Å². The predicted octanol–water partition coefficient (Wildman–Crippen LogP) is 0.125. The maximum atomic E-state index is 10.7. The zero-order valence-electron chi connectivity index (χ0n) is 14.8. The Morgan fingerprint density at radius 1 is 1.19 bits per heavy atom. The molecule has 0 N–H and O–H groups in total. The molecule has 0 aliphatic heterocycles. The van der Waals surface area contributed by atoms with Crippen molar-refractivity contribution in [3.63, 3.8) is 0 Å². The van der Waals surface area contributed by atoms with Crippen LogP contribution >= 0.6 is 11.3 Å². The van der Waals surface area contributed by atoms with E-state index in [0.29, 0.717) is 6.54 Å². The van der Waals surface area contributed by atoms with E-state index in [-0.39, 0.29) is 36.1 Å². The molecule has 1 aromatic carbocycles. The summed E-state index contributed by atoms with van der Waals surface area (Å²) >= 11 is 1.64. The topological polar surface area (TPSA) is 56.5 Å². The second kappa shape index (κ2) is 9.90. The van der Waals surface area contributed by atoms with Gasteiger partial charge in [0.05, 0.1) is 12.2 Å². The van der Waals surface area contributed by atoms with E-state index in [9.17, 15) is 9.90 Å². The number of aliphatic carboxylic acids is 1. The zero-order valence-corrected chi connectivity index (χ0v) is 17.7. The van der Waals surface area contributed by atoms with E-state index in [1.165, 1.54) is 0 Å². The predicted molar refractivity (Wildman–Crippen MR) is 98.0 cm³/mol. The molecule has 2 aromatic heterocycles. The minimum atomic E-state index is -1.07. The first-order valence-corrected chi connectivity index (χ1v) is 8.83. The molecule has 4 nitrogen and oxygen atoms in total. The summed E-state index contributed by atoms with van der Waals surface area (Å²) < 4.78 is 5.43. The molecule has 0 aliphatic rings. The number of hydrogen-bond donors (Lipinski definition) is 0. The Labute approximate surface area is 179 Å². The van der Waals surface area contributed by atoms with Crippen molar-refractivity contribution in [1.29, 1.82) is 0 Å². The number of carboxylic acids is 1. The van der Waals surface area contributed by atoms with Crippen LogP contribution in [0.4, 0.5) is 0 Å². The fourth-order valence-electron chi connectivity index (χ4n) is 2.61. The monoisotopic (exact) mass is 375 g/mol. The summed E-state index contributed by atoms with van der Waals surface area (Å²) in [7, 11) is 1.76. The molecule has 0 atom stereocenters.